The molecule has 2 heterocycles. The second kappa shape index (κ2) is 17.4. The molecular formula is C37H36FN5O10. The summed E-state index contributed by atoms with van der Waals surface area (Å²) in [6.45, 7) is 4.86. The first kappa shape index (κ1) is 39.0. The molecule has 2 atom stereocenters. The summed E-state index contributed by atoms with van der Waals surface area (Å²) in [5.74, 6) is -3.63. The number of nitrogens with one attached hydrogen (secondary N) is 1. The Morgan fingerprint density at radius 2 is 1.64 bits per heavy atom. The van der Waals surface area contributed by atoms with Crippen molar-refractivity contribution in [3.8, 4) is 22.9 Å². The lowest BCUT2D eigenvalue weighted by atomic mass is 10.2. The quantitative estimate of drug-likeness (QED) is 0.102. The third-order valence-electron chi connectivity index (χ3n) is 7.43. The number of carboxylic acid groups (broad SMARTS) is 2. The molecule has 0 unspecified atom stereocenters. The fraction of sp³-hybridized carbons (Fsp3) is 0.189. The summed E-state index contributed by atoms with van der Waals surface area (Å²) in [6, 6.07) is 18.8. The number of rotatable bonds is 12. The molecule has 16 heteroatoms. The molecule has 53 heavy (non-hydrogen) atoms. The molecule has 0 aliphatic heterocycles. The Bertz CT molecular complexity index is 2210. The number of pyridine rings is 1. The number of ether oxygens (including phenoxy) is 3. The Hall–Kier alpha value is -6.81. The van der Waals surface area contributed by atoms with Crippen LogP contribution in [0.1, 0.15) is 29.9 Å². The first-order chi connectivity index (χ1) is 25.2. The van der Waals surface area contributed by atoms with Gasteiger partial charge in [-0.1, -0.05) is 18.2 Å². The highest BCUT2D eigenvalue weighted by Crippen LogP contribution is 2.33. The molecule has 5 aromatic rings. The van der Waals surface area contributed by atoms with Crippen LogP contribution in [0.2, 0.25) is 0 Å². The monoisotopic (exact) mass is 729 g/mol. The summed E-state index contributed by atoms with van der Waals surface area (Å²) < 4.78 is 34.6. The molecule has 0 aliphatic rings. The van der Waals surface area contributed by atoms with Gasteiger partial charge >= 0.3 is 17.9 Å². The average molecular weight is 730 g/mol. The van der Waals surface area contributed by atoms with Crippen molar-refractivity contribution in [1.82, 2.24) is 14.3 Å². The summed E-state index contributed by atoms with van der Waals surface area (Å²) in [6.07, 6.45) is 2.00. The van der Waals surface area contributed by atoms with Crippen LogP contribution in [0, 0.1) is 12.7 Å². The predicted molar refractivity (Wildman–Crippen MR) is 191 cm³/mol. The van der Waals surface area contributed by atoms with Crippen molar-refractivity contribution in [3.05, 3.63) is 119 Å². The van der Waals surface area contributed by atoms with E-state index in [1.54, 1.807) is 86.4 Å². The molecule has 0 spiro atoms. The minimum atomic E-state index is -1.26. The van der Waals surface area contributed by atoms with Crippen molar-refractivity contribution < 1.29 is 48.0 Å². The van der Waals surface area contributed by atoms with E-state index in [-0.39, 0.29) is 23.5 Å². The molecule has 5 rings (SSSR count). The van der Waals surface area contributed by atoms with E-state index >= 15 is 4.39 Å². The van der Waals surface area contributed by atoms with Crippen LogP contribution in [0.5, 0.6) is 17.2 Å². The van der Waals surface area contributed by atoms with E-state index in [0.29, 0.717) is 45.9 Å². The molecule has 0 aliphatic carbocycles. The normalized spacial score (nSPS) is 12.0. The van der Waals surface area contributed by atoms with Crippen LogP contribution < -0.4 is 26.1 Å². The van der Waals surface area contributed by atoms with E-state index in [2.05, 4.69) is 10.3 Å². The number of fused-ring (bicyclic) bond motifs is 1. The topological polar surface area (TPSA) is 214 Å². The molecule has 1 amide bonds. The molecule has 0 bridgehead atoms. The van der Waals surface area contributed by atoms with Crippen LogP contribution in [0.25, 0.3) is 16.6 Å². The first-order valence-electron chi connectivity index (χ1n) is 15.9. The highest BCUT2D eigenvalue weighted by atomic mass is 19.1. The van der Waals surface area contributed by atoms with Crippen LogP contribution >= 0.6 is 0 Å². The lowest BCUT2D eigenvalue weighted by Crippen LogP contribution is -2.34. The maximum Gasteiger partial charge on any atom is 0.328 e. The van der Waals surface area contributed by atoms with E-state index in [4.69, 9.17) is 30.2 Å². The van der Waals surface area contributed by atoms with Gasteiger partial charge in [0, 0.05) is 41.6 Å². The van der Waals surface area contributed by atoms with Gasteiger partial charge in [-0.2, -0.15) is 0 Å². The number of benzene rings is 3. The summed E-state index contributed by atoms with van der Waals surface area (Å²) in [4.78, 5) is 62.6. The van der Waals surface area contributed by atoms with Gasteiger partial charge in [0.05, 0.1) is 30.6 Å². The highest BCUT2D eigenvalue weighted by Gasteiger charge is 2.26. The predicted octanol–water partition coefficient (Wildman–Crippen LogP) is 4.68. The van der Waals surface area contributed by atoms with Crippen molar-refractivity contribution in [3.63, 3.8) is 0 Å². The Morgan fingerprint density at radius 3 is 2.25 bits per heavy atom. The van der Waals surface area contributed by atoms with Gasteiger partial charge in [0.2, 0.25) is 0 Å². The molecule has 276 valence electrons. The van der Waals surface area contributed by atoms with E-state index in [0.717, 1.165) is 6.07 Å². The van der Waals surface area contributed by atoms with Gasteiger partial charge in [0.1, 0.15) is 29.2 Å². The highest BCUT2D eigenvalue weighted by molar-refractivity contribution is 6.05. The summed E-state index contributed by atoms with van der Waals surface area (Å²) in [7, 11) is 1.55. The smallest absolute Gasteiger partial charge is 0.328 e. The third kappa shape index (κ3) is 9.92. The molecule has 3 aromatic carbocycles. The molecule has 0 fully saturated rings. The first-order valence-corrected chi connectivity index (χ1v) is 15.9. The number of esters is 1. The zero-order valence-corrected chi connectivity index (χ0v) is 29.0. The number of nitrogens with two attached hydrogens (primary N) is 1. The van der Waals surface area contributed by atoms with Crippen LogP contribution in [-0.4, -0.2) is 67.6 Å². The number of hydrogen-bond acceptors (Lipinski definition) is 10. The number of para-hydroxylation sites is 1. The van der Waals surface area contributed by atoms with Crippen molar-refractivity contribution in [1.29, 1.82) is 0 Å². The molecule has 15 nitrogen and oxygen atoms in total. The SMILES string of the molecule is COc1ccc2c(Oc3ccc(NC(=O)c4c(C)n(C[C@H](C)OC(=O)[C@H](C)N)n(-c5ccccc5)c4=O)cc3F)ccnc2c1.O=C(O)C=CC(=O)O. The second-order valence-electron chi connectivity index (χ2n) is 11.4. The van der Waals surface area contributed by atoms with E-state index < -0.39 is 47.3 Å². The van der Waals surface area contributed by atoms with Crippen molar-refractivity contribution in [2.75, 3.05) is 12.4 Å². The van der Waals surface area contributed by atoms with Gasteiger partial charge in [-0.25, -0.2) is 18.7 Å². The molecule has 0 radical (unpaired) electrons. The standard InChI is InChI=1S/C33H32FN5O6.C4H4O4/c1-19(44-33(42)20(2)35)18-38-21(3)30(32(41)39(38)23-8-6-5-7-9-23)31(40)37-22-10-13-29(26(34)16-22)45-28-14-15-36-27-17-24(43-4)11-12-25(27)28;5-3(6)1-2-4(7)8/h5-17,19-20H,18,35H2,1-4H3,(H,37,40);1-2H,(H,5,6)(H,7,8)/t19-,20-;/m0./s1. The zero-order valence-electron chi connectivity index (χ0n) is 29.0. The van der Waals surface area contributed by atoms with Gasteiger partial charge in [-0.05, 0) is 63.2 Å². The largest absolute Gasteiger partial charge is 0.497 e. The number of nitrogens with zero attached hydrogens (tertiary/aromatic N) is 3. The number of methoxy groups -OCH3 is 1. The van der Waals surface area contributed by atoms with Crippen LogP contribution in [0.4, 0.5) is 10.1 Å². The van der Waals surface area contributed by atoms with Gasteiger partial charge in [0.15, 0.2) is 11.6 Å². The number of carbonyl (C=O) groups excluding carboxylic acids is 2. The third-order valence-corrected chi connectivity index (χ3v) is 7.43. The van der Waals surface area contributed by atoms with Gasteiger partial charge in [-0.3, -0.25) is 24.0 Å². The van der Waals surface area contributed by atoms with Gasteiger partial charge in [-0.15, -0.1) is 0 Å². The van der Waals surface area contributed by atoms with Crippen molar-refractivity contribution in [2.45, 2.75) is 39.5 Å². The number of carbonyl (C=O) groups is 4. The van der Waals surface area contributed by atoms with Gasteiger partial charge in [0.25, 0.3) is 11.5 Å². The van der Waals surface area contributed by atoms with E-state index in [9.17, 15) is 24.0 Å². The zero-order chi connectivity index (χ0) is 38.8. The molecular weight excluding hydrogens is 693 g/mol. The number of hydrogen-bond donors (Lipinski definition) is 4. The summed E-state index contributed by atoms with van der Waals surface area (Å²) in [5.41, 5.74) is 6.45. The second-order valence-corrected chi connectivity index (χ2v) is 11.4. The maximum absolute atomic E-state index is 15.2. The van der Waals surface area contributed by atoms with Crippen LogP contribution in [-0.2, 0) is 25.7 Å². The number of aliphatic carboxylic acids is 2. The van der Waals surface area contributed by atoms with E-state index in [1.807, 2.05) is 0 Å². The number of carboxylic acids is 2. The summed E-state index contributed by atoms with van der Waals surface area (Å²) >= 11 is 0. The molecule has 0 saturated carbocycles. The Morgan fingerprint density at radius 1 is 0.962 bits per heavy atom. The summed E-state index contributed by atoms with van der Waals surface area (Å²) in [5, 5.41) is 18.9. The van der Waals surface area contributed by atoms with Crippen molar-refractivity contribution >= 4 is 40.4 Å². The Kier molecular flexibility index (Phi) is 12.8. The Labute approximate surface area is 301 Å². The minimum absolute atomic E-state index is 0.0683. The molecule has 2 aromatic heterocycles. The molecule has 0 saturated heterocycles. The van der Waals surface area contributed by atoms with Crippen LogP contribution in [0.15, 0.2) is 95.9 Å². The van der Waals surface area contributed by atoms with E-state index in [1.165, 1.54) is 23.7 Å². The Balaban J connectivity index is 0.000000703. The molecule has 5 N–H and O–H groups in total. The maximum atomic E-state index is 15.2. The van der Waals surface area contributed by atoms with Crippen LogP contribution in [0.3, 0.4) is 0 Å². The lowest BCUT2D eigenvalue weighted by Gasteiger charge is -2.19. The number of halogens is 1. The average Bonchev–Trinajstić information content (AvgIpc) is 3.36. The minimum Gasteiger partial charge on any atom is -0.497 e. The van der Waals surface area contributed by atoms with Crippen molar-refractivity contribution in [2.24, 2.45) is 5.73 Å². The van der Waals surface area contributed by atoms with Gasteiger partial charge < -0.3 is 35.5 Å². The number of amides is 1. The lowest BCUT2D eigenvalue weighted by molar-refractivity contribution is -0.150. The fourth-order valence-electron chi connectivity index (χ4n) is 4.98. The fourth-order valence-corrected chi connectivity index (χ4v) is 4.98. The number of anilines is 1. The number of aromatic nitrogens is 3.